The lowest BCUT2D eigenvalue weighted by atomic mass is 10.2. The monoisotopic (exact) mass is 359 g/mol. The Morgan fingerprint density at radius 3 is 2.88 bits per heavy atom. The standard InChI is InChI=1S/C17H18ClN5O2/c1-11-15(18)16(21-22(11)2)17(24)20-13-8-19-23(10-13)9-12-5-4-6-14(7-12)25-3/h4-8,10H,9H2,1-3H3,(H,20,24). The van der Waals surface area contributed by atoms with Gasteiger partial charge in [0.1, 0.15) is 5.75 Å². The largest absolute Gasteiger partial charge is 0.497 e. The van der Waals surface area contributed by atoms with E-state index >= 15 is 0 Å². The molecule has 0 saturated carbocycles. The van der Waals surface area contributed by atoms with Gasteiger partial charge in [0.15, 0.2) is 5.69 Å². The van der Waals surface area contributed by atoms with Crippen molar-refractivity contribution in [3.63, 3.8) is 0 Å². The number of hydrogen-bond acceptors (Lipinski definition) is 4. The topological polar surface area (TPSA) is 74.0 Å². The highest BCUT2D eigenvalue weighted by Gasteiger charge is 2.18. The van der Waals surface area contributed by atoms with Crippen LogP contribution in [-0.2, 0) is 13.6 Å². The van der Waals surface area contributed by atoms with Crippen LogP contribution in [0.3, 0.4) is 0 Å². The Labute approximate surface area is 150 Å². The number of aromatic nitrogens is 4. The molecule has 0 spiro atoms. The van der Waals surface area contributed by atoms with Gasteiger partial charge < -0.3 is 10.1 Å². The average molecular weight is 360 g/mol. The molecular weight excluding hydrogens is 342 g/mol. The molecule has 3 aromatic rings. The number of methoxy groups -OCH3 is 1. The predicted octanol–water partition coefficient (Wildman–Crippen LogP) is 2.89. The fourth-order valence-electron chi connectivity index (χ4n) is 2.39. The number of hydrogen-bond donors (Lipinski definition) is 1. The van der Waals surface area contributed by atoms with Gasteiger partial charge in [-0.1, -0.05) is 23.7 Å². The summed E-state index contributed by atoms with van der Waals surface area (Å²) in [4.78, 5) is 12.3. The molecule has 7 nitrogen and oxygen atoms in total. The quantitative estimate of drug-likeness (QED) is 0.760. The lowest BCUT2D eigenvalue weighted by Crippen LogP contribution is -2.13. The van der Waals surface area contributed by atoms with E-state index in [-0.39, 0.29) is 11.6 Å². The molecule has 0 fully saturated rings. The van der Waals surface area contributed by atoms with Gasteiger partial charge in [0.05, 0.1) is 36.3 Å². The van der Waals surface area contributed by atoms with E-state index in [0.717, 1.165) is 17.0 Å². The number of benzene rings is 1. The highest BCUT2D eigenvalue weighted by molar-refractivity contribution is 6.34. The van der Waals surface area contributed by atoms with Gasteiger partial charge in [-0.25, -0.2) is 0 Å². The van der Waals surface area contributed by atoms with Crippen LogP contribution in [0.25, 0.3) is 0 Å². The number of carbonyl (C=O) groups is 1. The van der Waals surface area contributed by atoms with Crippen LogP contribution >= 0.6 is 11.6 Å². The zero-order valence-electron chi connectivity index (χ0n) is 14.2. The normalized spacial score (nSPS) is 10.7. The van der Waals surface area contributed by atoms with Gasteiger partial charge in [0.25, 0.3) is 5.91 Å². The lowest BCUT2D eigenvalue weighted by Gasteiger charge is -2.04. The number of amides is 1. The van der Waals surface area contributed by atoms with Crippen molar-refractivity contribution < 1.29 is 9.53 Å². The summed E-state index contributed by atoms with van der Waals surface area (Å²) in [5, 5.41) is 11.5. The third-order valence-corrected chi connectivity index (χ3v) is 4.30. The molecule has 1 N–H and O–H groups in total. The van der Waals surface area contributed by atoms with E-state index in [1.54, 1.807) is 42.8 Å². The molecule has 0 aliphatic rings. The Hall–Kier alpha value is -2.80. The molecule has 1 amide bonds. The van der Waals surface area contributed by atoms with Crippen LogP contribution in [0.1, 0.15) is 21.7 Å². The summed E-state index contributed by atoms with van der Waals surface area (Å²) in [6, 6.07) is 7.73. The molecule has 2 heterocycles. The summed E-state index contributed by atoms with van der Waals surface area (Å²) in [6.07, 6.45) is 3.34. The number of ether oxygens (including phenoxy) is 1. The predicted molar refractivity (Wildman–Crippen MR) is 95.2 cm³/mol. The van der Waals surface area contributed by atoms with Gasteiger partial charge in [-0.2, -0.15) is 10.2 Å². The van der Waals surface area contributed by atoms with E-state index < -0.39 is 0 Å². The van der Waals surface area contributed by atoms with Crippen LogP contribution in [0, 0.1) is 6.92 Å². The fourth-order valence-corrected chi connectivity index (χ4v) is 2.64. The van der Waals surface area contributed by atoms with Crippen molar-refractivity contribution in [2.75, 3.05) is 12.4 Å². The number of halogens is 1. The fraction of sp³-hybridized carbons (Fsp3) is 0.235. The average Bonchev–Trinajstić information content (AvgIpc) is 3.14. The van der Waals surface area contributed by atoms with E-state index in [1.807, 2.05) is 24.3 Å². The second-order valence-electron chi connectivity index (χ2n) is 5.60. The van der Waals surface area contributed by atoms with Crippen molar-refractivity contribution in [1.29, 1.82) is 0 Å². The van der Waals surface area contributed by atoms with Crippen LogP contribution in [-0.4, -0.2) is 32.6 Å². The van der Waals surface area contributed by atoms with Crippen LogP contribution in [0.4, 0.5) is 5.69 Å². The third kappa shape index (κ3) is 3.66. The van der Waals surface area contributed by atoms with Crippen LogP contribution < -0.4 is 10.1 Å². The molecule has 0 saturated heterocycles. The van der Waals surface area contributed by atoms with Crippen LogP contribution in [0.2, 0.25) is 5.02 Å². The van der Waals surface area contributed by atoms with Gasteiger partial charge in [0.2, 0.25) is 0 Å². The molecular formula is C17H18ClN5O2. The molecule has 0 aliphatic carbocycles. The molecule has 130 valence electrons. The maximum absolute atomic E-state index is 12.3. The Kier molecular flexibility index (Phi) is 4.76. The maximum atomic E-state index is 12.3. The SMILES string of the molecule is COc1cccc(Cn2cc(NC(=O)c3nn(C)c(C)c3Cl)cn2)c1. The van der Waals surface area contributed by atoms with E-state index in [9.17, 15) is 4.79 Å². The first kappa shape index (κ1) is 17.0. The first-order chi connectivity index (χ1) is 12.0. The van der Waals surface area contributed by atoms with E-state index in [2.05, 4.69) is 15.5 Å². The number of aryl methyl sites for hydroxylation is 1. The number of anilines is 1. The molecule has 2 aromatic heterocycles. The first-order valence-electron chi connectivity index (χ1n) is 7.63. The second kappa shape index (κ2) is 6.98. The summed E-state index contributed by atoms with van der Waals surface area (Å²) in [7, 11) is 3.37. The van der Waals surface area contributed by atoms with Crippen molar-refractivity contribution in [2.45, 2.75) is 13.5 Å². The summed E-state index contributed by atoms with van der Waals surface area (Å²) in [5.74, 6) is 0.424. The molecule has 0 unspecified atom stereocenters. The number of carbonyl (C=O) groups excluding carboxylic acids is 1. The summed E-state index contributed by atoms with van der Waals surface area (Å²) < 4.78 is 8.52. The van der Waals surface area contributed by atoms with Crippen molar-refractivity contribution in [2.24, 2.45) is 7.05 Å². The zero-order chi connectivity index (χ0) is 18.0. The van der Waals surface area contributed by atoms with Crippen molar-refractivity contribution in [3.8, 4) is 5.75 Å². The molecule has 0 aliphatic heterocycles. The smallest absolute Gasteiger partial charge is 0.277 e. The minimum atomic E-state index is -0.366. The van der Waals surface area contributed by atoms with Crippen molar-refractivity contribution in [3.05, 3.63) is 58.6 Å². The molecule has 3 rings (SSSR count). The van der Waals surface area contributed by atoms with Crippen LogP contribution in [0.5, 0.6) is 5.75 Å². The van der Waals surface area contributed by atoms with Gasteiger partial charge in [-0.05, 0) is 24.6 Å². The molecule has 0 atom stereocenters. The number of nitrogens with one attached hydrogen (secondary N) is 1. The molecule has 1 aromatic carbocycles. The Morgan fingerprint density at radius 2 is 2.20 bits per heavy atom. The van der Waals surface area contributed by atoms with Crippen molar-refractivity contribution >= 4 is 23.2 Å². The molecule has 0 radical (unpaired) electrons. The minimum absolute atomic E-state index is 0.196. The minimum Gasteiger partial charge on any atom is -0.497 e. The number of nitrogens with zero attached hydrogens (tertiary/aromatic N) is 4. The molecule has 0 bridgehead atoms. The summed E-state index contributed by atoms with van der Waals surface area (Å²) in [6.45, 7) is 2.37. The molecule has 25 heavy (non-hydrogen) atoms. The Morgan fingerprint density at radius 1 is 1.40 bits per heavy atom. The highest BCUT2D eigenvalue weighted by atomic mass is 35.5. The van der Waals surface area contributed by atoms with E-state index in [1.165, 1.54) is 0 Å². The van der Waals surface area contributed by atoms with Gasteiger partial charge >= 0.3 is 0 Å². The Bertz CT molecular complexity index is 916. The summed E-state index contributed by atoms with van der Waals surface area (Å²) >= 11 is 6.14. The van der Waals surface area contributed by atoms with Crippen LogP contribution in [0.15, 0.2) is 36.7 Å². The zero-order valence-corrected chi connectivity index (χ0v) is 14.9. The maximum Gasteiger partial charge on any atom is 0.277 e. The Balaban J connectivity index is 1.71. The highest BCUT2D eigenvalue weighted by Crippen LogP contribution is 2.20. The lowest BCUT2D eigenvalue weighted by molar-refractivity contribution is 0.102. The number of rotatable bonds is 5. The van der Waals surface area contributed by atoms with Crippen molar-refractivity contribution in [1.82, 2.24) is 19.6 Å². The van der Waals surface area contributed by atoms with E-state index in [4.69, 9.17) is 16.3 Å². The van der Waals surface area contributed by atoms with E-state index in [0.29, 0.717) is 17.3 Å². The molecule has 8 heteroatoms. The first-order valence-corrected chi connectivity index (χ1v) is 8.01. The van der Waals surface area contributed by atoms with Gasteiger partial charge in [-0.3, -0.25) is 14.2 Å². The second-order valence-corrected chi connectivity index (χ2v) is 5.98. The van der Waals surface area contributed by atoms with Gasteiger partial charge in [0, 0.05) is 13.2 Å². The van der Waals surface area contributed by atoms with Gasteiger partial charge in [-0.15, -0.1) is 0 Å². The summed E-state index contributed by atoms with van der Waals surface area (Å²) in [5.41, 5.74) is 2.55. The third-order valence-electron chi connectivity index (χ3n) is 3.85.